The van der Waals surface area contributed by atoms with Crippen LogP contribution >= 0.6 is 0 Å². The predicted molar refractivity (Wildman–Crippen MR) is 211 cm³/mol. The lowest BCUT2D eigenvalue weighted by Gasteiger charge is -2.30. The maximum Gasteiger partial charge on any atom is 0.407 e. The Morgan fingerprint density at radius 3 is 2.56 bits per heavy atom. The van der Waals surface area contributed by atoms with E-state index in [0.717, 1.165) is 86.4 Å². The quantitative estimate of drug-likeness (QED) is 0.146. The smallest absolute Gasteiger partial charge is 0.407 e. The van der Waals surface area contributed by atoms with E-state index in [1.165, 1.54) is 7.11 Å². The van der Waals surface area contributed by atoms with Crippen molar-refractivity contribution in [3.63, 3.8) is 0 Å². The molecule has 55 heavy (non-hydrogen) atoms. The third-order valence-corrected chi connectivity index (χ3v) is 11.6. The van der Waals surface area contributed by atoms with E-state index in [-0.39, 0.29) is 41.8 Å². The number of ether oxygens (including phenoxy) is 2. The summed E-state index contributed by atoms with van der Waals surface area (Å²) in [5, 5.41) is 4.81. The fourth-order valence-corrected chi connectivity index (χ4v) is 8.84. The number of aromatic amines is 2. The molecule has 3 aliphatic heterocycles. The van der Waals surface area contributed by atoms with Crippen LogP contribution in [0.1, 0.15) is 96.5 Å². The molecule has 5 aromatic rings. The van der Waals surface area contributed by atoms with Crippen LogP contribution in [0, 0.1) is 17.8 Å². The molecule has 0 saturated carbocycles. The van der Waals surface area contributed by atoms with Gasteiger partial charge in [-0.05, 0) is 90.3 Å². The fourth-order valence-electron chi connectivity index (χ4n) is 8.84. The van der Waals surface area contributed by atoms with E-state index in [0.29, 0.717) is 25.5 Å². The summed E-state index contributed by atoms with van der Waals surface area (Å²) in [5.41, 5.74) is 6.91. The SMILES string of the molecule is COC(=O)N[C@H](C(=O)N1C[C@@H](C)C[C@H]1c1ncc(-c2ccc3c(c2)COc2cc4c(ccc5[nH]c([C@@H]6CC[C@H](C)N6C(=O)CC(C)C)nc54)cc2-3)[nH]1)C(C)C. The number of H-pyrrole nitrogens is 2. The minimum Gasteiger partial charge on any atom is -0.488 e. The number of aromatic nitrogens is 4. The van der Waals surface area contributed by atoms with Crippen LogP contribution in [0.25, 0.3) is 44.2 Å². The number of likely N-dealkylation sites (tertiary alicyclic amines) is 2. The number of benzene rings is 3. The van der Waals surface area contributed by atoms with E-state index in [1.54, 1.807) is 0 Å². The van der Waals surface area contributed by atoms with Crippen molar-refractivity contribution in [2.24, 2.45) is 17.8 Å². The highest BCUT2D eigenvalue weighted by atomic mass is 16.5. The lowest BCUT2D eigenvalue weighted by molar-refractivity contribution is -0.136. The molecule has 12 heteroatoms. The Morgan fingerprint density at radius 2 is 1.80 bits per heavy atom. The third-order valence-electron chi connectivity index (χ3n) is 11.6. The van der Waals surface area contributed by atoms with E-state index in [2.05, 4.69) is 85.4 Å². The average molecular weight is 746 g/mol. The van der Waals surface area contributed by atoms with Crippen LogP contribution in [-0.2, 0) is 20.9 Å². The van der Waals surface area contributed by atoms with Crippen LogP contribution in [-0.4, -0.2) is 73.4 Å². The van der Waals surface area contributed by atoms with Gasteiger partial charge < -0.3 is 34.6 Å². The Labute approximate surface area is 321 Å². The lowest BCUT2D eigenvalue weighted by atomic mass is 9.92. The van der Waals surface area contributed by atoms with Gasteiger partial charge in [0, 0.05) is 30.0 Å². The zero-order valence-electron chi connectivity index (χ0n) is 32.7. The van der Waals surface area contributed by atoms with Gasteiger partial charge in [0.1, 0.15) is 30.0 Å². The molecular weight excluding hydrogens is 695 g/mol. The van der Waals surface area contributed by atoms with Gasteiger partial charge >= 0.3 is 6.09 Å². The predicted octanol–water partition coefficient (Wildman–Crippen LogP) is 8.05. The number of alkyl carbamates (subject to hydrolysis) is 1. The summed E-state index contributed by atoms with van der Waals surface area (Å²) in [6, 6.07) is 14.1. The number of fused-ring (bicyclic) bond motifs is 6. The highest BCUT2D eigenvalue weighted by molar-refractivity contribution is 6.07. The molecule has 0 unspecified atom stereocenters. The van der Waals surface area contributed by atoms with Gasteiger partial charge in [-0.3, -0.25) is 9.59 Å². The van der Waals surface area contributed by atoms with Gasteiger partial charge in [-0.15, -0.1) is 0 Å². The molecule has 2 aromatic heterocycles. The molecule has 288 valence electrons. The summed E-state index contributed by atoms with van der Waals surface area (Å²) in [7, 11) is 1.30. The number of carbonyl (C=O) groups excluding carboxylic acids is 3. The first-order valence-electron chi connectivity index (χ1n) is 19.6. The zero-order valence-corrected chi connectivity index (χ0v) is 32.7. The van der Waals surface area contributed by atoms with Crippen molar-refractivity contribution in [2.45, 2.75) is 98.0 Å². The molecule has 2 saturated heterocycles. The Kier molecular flexibility index (Phi) is 9.55. The van der Waals surface area contributed by atoms with E-state index in [4.69, 9.17) is 19.4 Å². The van der Waals surface area contributed by atoms with E-state index in [9.17, 15) is 14.4 Å². The summed E-state index contributed by atoms with van der Waals surface area (Å²) in [4.78, 5) is 59.9. The van der Waals surface area contributed by atoms with Crippen LogP contribution in [0.4, 0.5) is 4.79 Å². The highest BCUT2D eigenvalue weighted by Crippen LogP contribution is 2.44. The molecule has 2 fully saturated rings. The largest absolute Gasteiger partial charge is 0.488 e. The summed E-state index contributed by atoms with van der Waals surface area (Å²) in [6.45, 7) is 13.3. The van der Waals surface area contributed by atoms with Crippen molar-refractivity contribution in [1.82, 2.24) is 35.1 Å². The lowest BCUT2D eigenvalue weighted by Crippen LogP contribution is -2.51. The van der Waals surface area contributed by atoms with Crippen LogP contribution in [0.3, 0.4) is 0 Å². The van der Waals surface area contributed by atoms with E-state index in [1.807, 2.05) is 29.8 Å². The van der Waals surface area contributed by atoms with Gasteiger partial charge in [-0.25, -0.2) is 14.8 Å². The van der Waals surface area contributed by atoms with Gasteiger partial charge in [0.15, 0.2) is 0 Å². The second-order valence-electron chi connectivity index (χ2n) is 16.5. The summed E-state index contributed by atoms with van der Waals surface area (Å²) in [5.74, 6) is 2.92. The summed E-state index contributed by atoms with van der Waals surface area (Å²) >= 11 is 0. The Morgan fingerprint density at radius 1 is 0.982 bits per heavy atom. The number of hydrogen-bond donors (Lipinski definition) is 3. The molecule has 8 rings (SSSR count). The number of nitrogens with zero attached hydrogens (tertiary/aromatic N) is 4. The molecule has 0 bridgehead atoms. The number of rotatable bonds is 8. The van der Waals surface area contributed by atoms with Crippen molar-refractivity contribution in [3.05, 3.63) is 65.9 Å². The zero-order chi connectivity index (χ0) is 38.7. The third kappa shape index (κ3) is 6.69. The Bertz CT molecular complexity index is 2290. The molecule has 3 amide bonds. The second kappa shape index (κ2) is 14.4. The fraction of sp³-hybridized carbons (Fsp3) is 0.465. The highest BCUT2D eigenvalue weighted by Gasteiger charge is 2.40. The van der Waals surface area contributed by atoms with Gasteiger partial charge in [-0.2, -0.15) is 0 Å². The Hall–Kier alpha value is -5.39. The monoisotopic (exact) mass is 745 g/mol. The van der Waals surface area contributed by atoms with Crippen LogP contribution < -0.4 is 10.1 Å². The summed E-state index contributed by atoms with van der Waals surface area (Å²) < 4.78 is 11.2. The minimum absolute atomic E-state index is 0.0553. The topological polar surface area (TPSA) is 146 Å². The summed E-state index contributed by atoms with van der Waals surface area (Å²) in [6.07, 6.45) is 4.38. The number of amides is 3. The van der Waals surface area contributed by atoms with Crippen LogP contribution in [0.5, 0.6) is 5.75 Å². The van der Waals surface area contributed by atoms with E-state index >= 15 is 0 Å². The van der Waals surface area contributed by atoms with Crippen molar-refractivity contribution in [3.8, 4) is 28.1 Å². The molecule has 12 nitrogen and oxygen atoms in total. The van der Waals surface area contributed by atoms with Crippen LogP contribution in [0.2, 0.25) is 0 Å². The maximum absolute atomic E-state index is 13.8. The maximum atomic E-state index is 13.8. The van der Waals surface area contributed by atoms with Crippen LogP contribution in [0.15, 0.2) is 48.7 Å². The van der Waals surface area contributed by atoms with E-state index < -0.39 is 12.1 Å². The second-order valence-corrected chi connectivity index (χ2v) is 16.5. The van der Waals surface area contributed by atoms with Crippen molar-refractivity contribution in [2.75, 3.05) is 13.7 Å². The number of hydrogen-bond acceptors (Lipinski definition) is 7. The van der Waals surface area contributed by atoms with Crippen molar-refractivity contribution in [1.29, 1.82) is 0 Å². The van der Waals surface area contributed by atoms with Gasteiger partial charge in [0.25, 0.3) is 0 Å². The van der Waals surface area contributed by atoms with Gasteiger partial charge in [-0.1, -0.05) is 52.8 Å². The van der Waals surface area contributed by atoms with Crippen molar-refractivity contribution >= 4 is 39.7 Å². The number of methoxy groups -OCH3 is 1. The molecule has 0 aliphatic carbocycles. The first kappa shape index (κ1) is 36.6. The van der Waals surface area contributed by atoms with Gasteiger partial charge in [0.2, 0.25) is 11.8 Å². The molecule has 5 heterocycles. The standard InChI is InChI=1S/C43H51N7O5/c1-22(2)14-37(51)50-25(6)8-13-34(50)41-45-32-12-10-26-17-31-29-11-9-27(16-28(29)21-55-36(31)18-30(26)39(32)47-41)33-19-44-40(46-33)35-15-24(5)20-49(35)42(52)38(23(3)4)48-43(53)54-7/h9-12,16-19,22-25,34-35,38H,8,13-15,20-21H2,1-7H3,(H,44,46)(H,45,47)(H,48,53)/t24-,25-,34-,35-,38-/m0/s1. The molecular formula is C43H51N7O5. The molecule has 3 aromatic carbocycles. The van der Waals surface area contributed by atoms with Gasteiger partial charge in [0.05, 0.1) is 42.1 Å². The number of imidazole rings is 2. The molecule has 0 spiro atoms. The minimum atomic E-state index is -0.698. The normalized spacial score (nSPS) is 21.3. The molecule has 3 N–H and O–H groups in total. The first-order chi connectivity index (χ1) is 26.4. The first-order valence-corrected chi connectivity index (χ1v) is 19.6. The molecule has 3 aliphatic rings. The Balaban J connectivity index is 1.05. The molecule has 0 radical (unpaired) electrons. The van der Waals surface area contributed by atoms with Crippen molar-refractivity contribution < 1.29 is 23.9 Å². The number of carbonyl (C=O) groups is 3. The average Bonchev–Trinajstić information content (AvgIpc) is 3.97. The molecule has 5 atom stereocenters. The number of nitrogens with one attached hydrogen (secondary N) is 3.